The summed E-state index contributed by atoms with van der Waals surface area (Å²) < 4.78 is 0. The van der Waals surface area contributed by atoms with E-state index in [9.17, 15) is 15.2 Å². The zero-order valence-electron chi connectivity index (χ0n) is 15.0. The van der Waals surface area contributed by atoms with Crippen LogP contribution in [0.4, 0.5) is 5.69 Å². The van der Waals surface area contributed by atoms with Crippen molar-refractivity contribution in [3.05, 3.63) is 56.6 Å². The van der Waals surface area contributed by atoms with Crippen molar-refractivity contribution in [2.75, 3.05) is 0 Å². The van der Waals surface area contributed by atoms with Crippen LogP contribution in [0.25, 0.3) is 11.1 Å². The van der Waals surface area contributed by atoms with Crippen molar-refractivity contribution in [2.45, 2.75) is 52.4 Å². The molecule has 0 saturated heterocycles. The fourth-order valence-electron chi connectivity index (χ4n) is 2.87. The van der Waals surface area contributed by atoms with Crippen molar-refractivity contribution in [1.82, 2.24) is 0 Å². The maximum absolute atomic E-state index is 11.2. The number of phenols is 1. The van der Waals surface area contributed by atoms with Crippen LogP contribution in [0.1, 0.15) is 63.5 Å². The van der Waals surface area contributed by atoms with Crippen LogP contribution in [0, 0.1) is 10.1 Å². The monoisotopic (exact) mass is 361 g/mol. The molecule has 0 heterocycles. The summed E-state index contributed by atoms with van der Waals surface area (Å²) in [5, 5.41) is 22.0. The van der Waals surface area contributed by atoms with Crippen LogP contribution in [0.15, 0.2) is 30.3 Å². The summed E-state index contributed by atoms with van der Waals surface area (Å²) in [6, 6.07) is 8.69. The van der Waals surface area contributed by atoms with Gasteiger partial charge in [0, 0.05) is 6.07 Å². The molecule has 1 N–H and O–H groups in total. The molecule has 0 aliphatic rings. The molecule has 0 fully saturated rings. The van der Waals surface area contributed by atoms with Gasteiger partial charge in [-0.3, -0.25) is 10.1 Å². The minimum Gasteiger partial charge on any atom is -0.507 e. The highest BCUT2D eigenvalue weighted by atomic mass is 35.5. The molecule has 0 saturated carbocycles. The van der Waals surface area contributed by atoms with E-state index in [2.05, 4.69) is 27.7 Å². The number of nitro groups is 1. The number of phenolic OH excluding ortho intramolecular Hbond substituents is 1. The zero-order chi connectivity index (χ0) is 18.7. The van der Waals surface area contributed by atoms with Crippen molar-refractivity contribution in [3.63, 3.8) is 0 Å². The maximum Gasteiger partial charge on any atom is 0.288 e. The number of hydrogen-bond donors (Lipinski definition) is 1. The minimum atomic E-state index is -0.475. The zero-order valence-corrected chi connectivity index (χ0v) is 15.8. The third kappa shape index (κ3) is 3.96. The van der Waals surface area contributed by atoms with Gasteiger partial charge in [-0.2, -0.15) is 0 Å². The Morgan fingerprint density at radius 3 is 2.00 bits per heavy atom. The second kappa shape index (κ2) is 7.87. The van der Waals surface area contributed by atoms with Crippen LogP contribution >= 0.6 is 11.6 Å². The molecular weight excluding hydrogens is 338 g/mol. The van der Waals surface area contributed by atoms with E-state index >= 15 is 0 Å². The molecule has 2 rings (SSSR count). The topological polar surface area (TPSA) is 63.4 Å². The van der Waals surface area contributed by atoms with Gasteiger partial charge in [0.2, 0.25) is 0 Å². The molecule has 0 bridgehead atoms. The highest BCUT2D eigenvalue weighted by Crippen LogP contribution is 2.40. The Kier molecular flexibility index (Phi) is 6.07. The fraction of sp³-hybridized carbons (Fsp3) is 0.400. The predicted molar refractivity (Wildman–Crippen MR) is 103 cm³/mol. The third-order valence-corrected chi connectivity index (χ3v) is 5.25. The molecule has 0 amide bonds. The van der Waals surface area contributed by atoms with Crippen molar-refractivity contribution in [3.8, 4) is 16.9 Å². The third-order valence-electron chi connectivity index (χ3n) is 4.93. The highest BCUT2D eigenvalue weighted by molar-refractivity contribution is 6.32. The lowest BCUT2D eigenvalue weighted by atomic mass is 9.86. The van der Waals surface area contributed by atoms with Crippen LogP contribution in [0.2, 0.25) is 5.02 Å². The molecule has 4 nitrogen and oxygen atoms in total. The average molecular weight is 362 g/mol. The van der Waals surface area contributed by atoms with E-state index in [0.717, 1.165) is 35.1 Å². The lowest BCUT2D eigenvalue weighted by molar-refractivity contribution is -0.384. The normalized spacial score (nSPS) is 13.5. The van der Waals surface area contributed by atoms with Crippen molar-refractivity contribution in [2.24, 2.45) is 0 Å². The van der Waals surface area contributed by atoms with Gasteiger partial charge in [0.1, 0.15) is 10.8 Å². The first kappa shape index (κ1) is 19.3. The number of nitrogens with zero attached hydrogens (tertiary/aromatic N) is 1. The van der Waals surface area contributed by atoms with E-state index < -0.39 is 4.92 Å². The molecule has 2 aromatic carbocycles. The van der Waals surface area contributed by atoms with E-state index in [1.54, 1.807) is 12.1 Å². The van der Waals surface area contributed by atoms with E-state index in [-0.39, 0.29) is 22.5 Å². The highest BCUT2D eigenvalue weighted by Gasteiger charge is 2.20. The first-order chi connectivity index (χ1) is 11.8. The molecule has 0 spiro atoms. The predicted octanol–water partition coefficient (Wildman–Crippen LogP) is 6.65. The molecule has 0 radical (unpaired) electrons. The summed E-state index contributed by atoms with van der Waals surface area (Å²) in [4.78, 5) is 10.7. The van der Waals surface area contributed by atoms with Gasteiger partial charge in [-0.15, -0.1) is 0 Å². The first-order valence-corrected chi connectivity index (χ1v) is 8.98. The van der Waals surface area contributed by atoms with Crippen molar-refractivity contribution in [1.29, 1.82) is 0 Å². The van der Waals surface area contributed by atoms with Gasteiger partial charge in [0.05, 0.1) is 4.92 Å². The first-order valence-electron chi connectivity index (χ1n) is 8.61. The second-order valence-electron chi connectivity index (χ2n) is 6.55. The Balaban J connectivity index is 2.69. The summed E-state index contributed by atoms with van der Waals surface area (Å²) in [6.45, 7) is 8.30. The molecule has 2 atom stereocenters. The van der Waals surface area contributed by atoms with Crippen LogP contribution in [0.5, 0.6) is 5.75 Å². The molecule has 2 unspecified atom stereocenters. The summed E-state index contributed by atoms with van der Waals surface area (Å²) in [5.74, 6) is 0.742. The van der Waals surface area contributed by atoms with Crippen molar-refractivity contribution >= 4 is 17.3 Å². The van der Waals surface area contributed by atoms with Gasteiger partial charge in [0.15, 0.2) is 0 Å². The van der Waals surface area contributed by atoms with Gasteiger partial charge in [0.25, 0.3) is 5.69 Å². The molecule has 0 aromatic heterocycles. The number of hydrogen-bond acceptors (Lipinski definition) is 3. The Hall–Kier alpha value is -2.07. The molecule has 5 heteroatoms. The Morgan fingerprint density at radius 1 is 1.04 bits per heavy atom. The molecular formula is C20H24ClNO3. The van der Waals surface area contributed by atoms with E-state index in [1.165, 1.54) is 6.07 Å². The number of benzene rings is 2. The van der Waals surface area contributed by atoms with Crippen molar-refractivity contribution < 1.29 is 10.0 Å². The summed E-state index contributed by atoms with van der Waals surface area (Å²) >= 11 is 5.93. The maximum atomic E-state index is 11.2. The number of rotatable bonds is 6. The van der Waals surface area contributed by atoms with E-state index in [0.29, 0.717) is 5.75 Å². The quantitative estimate of drug-likeness (QED) is 0.462. The van der Waals surface area contributed by atoms with Gasteiger partial charge < -0.3 is 5.11 Å². The van der Waals surface area contributed by atoms with E-state index in [4.69, 9.17) is 11.6 Å². The largest absolute Gasteiger partial charge is 0.507 e. The summed E-state index contributed by atoms with van der Waals surface area (Å²) in [7, 11) is 0. The molecule has 0 aliphatic heterocycles. The van der Waals surface area contributed by atoms with Crippen LogP contribution in [0.3, 0.4) is 0 Å². The Bertz CT molecular complexity index is 758. The second-order valence-corrected chi connectivity index (χ2v) is 6.95. The van der Waals surface area contributed by atoms with Gasteiger partial charge in [-0.05, 0) is 65.1 Å². The molecule has 25 heavy (non-hydrogen) atoms. The Morgan fingerprint density at radius 2 is 1.56 bits per heavy atom. The van der Waals surface area contributed by atoms with Gasteiger partial charge in [-0.1, -0.05) is 45.4 Å². The molecule has 0 aliphatic carbocycles. The standard InChI is InChI=1S/C20H24ClNO3/c1-5-12(3)16-9-15(10-17(20(16)23)13(4)6-2)14-7-8-18(21)19(11-14)22(24)25/h7-13,23H,5-6H2,1-4H3. The lowest BCUT2D eigenvalue weighted by Crippen LogP contribution is -2.00. The van der Waals surface area contributed by atoms with Crippen LogP contribution in [-0.4, -0.2) is 10.0 Å². The summed E-state index contributed by atoms with van der Waals surface area (Å²) in [5.41, 5.74) is 3.25. The molecule has 134 valence electrons. The SMILES string of the molecule is CCC(C)c1cc(-c2ccc(Cl)c([N+](=O)[O-])c2)cc(C(C)CC)c1O. The lowest BCUT2D eigenvalue weighted by Gasteiger charge is -2.20. The number of nitro benzene ring substituents is 1. The smallest absolute Gasteiger partial charge is 0.288 e. The molecule has 2 aromatic rings. The Labute approximate surface area is 153 Å². The number of aromatic hydroxyl groups is 1. The minimum absolute atomic E-state index is 0.109. The fourth-order valence-corrected chi connectivity index (χ4v) is 3.06. The van der Waals surface area contributed by atoms with Gasteiger partial charge in [-0.25, -0.2) is 0 Å². The number of halogens is 1. The average Bonchev–Trinajstić information content (AvgIpc) is 2.60. The van der Waals surface area contributed by atoms with Crippen LogP contribution in [-0.2, 0) is 0 Å². The van der Waals surface area contributed by atoms with Crippen LogP contribution < -0.4 is 0 Å². The summed E-state index contributed by atoms with van der Waals surface area (Å²) in [6.07, 6.45) is 1.80. The van der Waals surface area contributed by atoms with E-state index in [1.807, 2.05) is 12.1 Å². The van der Waals surface area contributed by atoms with Gasteiger partial charge >= 0.3 is 0 Å².